The second-order valence-electron chi connectivity index (χ2n) is 4.69. The van der Waals surface area contributed by atoms with Gasteiger partial charge in [-0.25, -0.2) is 0 Å². The fraction of sp³-hybridized carbons (Fsp3) is 0.462. The summed E-state index contributed by atoms with van der Waals surface area (Å²) in [5.74, 6) is 0.192. The molecular formula is C13H16O3. The van der Waals surface area contributed by atoms with Gasteiger partial charge >= 0.3 is 5.97 Å². The lowest BCUT2D eigenvalue weighted by atomic mass is 9.95. The van der Waals surface area contributed by atoms with Gasteiger partial charge in [0, 0.05) is 0 Å². The quantitative estimate of drug-likeness (QED) is 0.818. The monoisotopic (exact) mass is 220 g/mol. The van der Waals surface area contributed by atoms with E-state index in [1.165, 1.54) is 0 Å². The van der Waals surface area contributed by atoms with E-state index in [1.54, 1.807) is 12.1 Å². The van der Waals surface area contributed by atoms with E-state index in [2.05, 4.69) is 6.92 Å². The van der Waals surface area contributed by atoms with Crippen LogP contribution in [0.2, 0.25) is 0 Å². The zero-order valence-electron chi connectivity index (χ0n) is 9.26. The fourth-order valence-corrected chi connectivity index (χ4v) is 2.28. The van der Waals surface area contributed by atoms with Crippen LogP contribution in [-0.4, -0.2) is 16.2 Å². The van der Waals surface area contributed by atoms with E-state index >= 15 is 0 Å². The molecule has 0 heterocycles. The molecular weight excluding hydrogens is 204 g/mol. The third-order valence-electron chi connectivity index (χ3n) is 3.38. The third-order valence-corrected chi connectivity index (χ3v) is 3.38. The van der Waals surface area contributed by atoms with Crippen LogP contribution in [0.25, 0.3) is 0 Å². The highest BCUT2D eigenvalue weighted by molar-refractivity contribution is 5.73. The van der Waals surface area contributed by atoms with E-state index < -0.39 is 5.97 Å². The lowest BCUT2D eigenvalue weighted by Gasteiger charge is -2.10. The maximum atomic E-state index is 10.7. The number of phenolic OH excluding ortho intramolecular Hbond substituents is 1. The Morgan fingerprint density at radius 1 is 1.44 bits per heavy atom. The van der Waals surface area contributed by atoms with Gasteiger partial charge in [0.25, 0.3) is 0 Å². The molecule has 1 aliphatic rings. The van der Waals surface area contributed by atoms with Gasteiger partial charge < -0.3 is 10.2 Å². The van der Waals surface area contributed by atoms with Crippen molar-refractivity contribution in [3.05, 3.63) is 29.8 Å². The minimum atomic E-state index is -0.664. The second kappa shape index (κ2) is 4.16. The molecule has 16 heavy (non-hydrogen) atoms. The average Bonchev–Trinajstić information content (AvgIpc) is 3.01. The van der Waals surface area contributed by atoms with Gasteiger partial charge in [0.2, 0.25) is 0 Å². The van der Waals surface area contributed by atoms with Crippen molar-refractivity contribution in [2.24, 2.45) is 17.8 Å². The number of carboxylic acid groups (broad SMARTS) is 1. The molecule has 0 aliphatic heterocycles. The Morgan fingerprint density at radius 3 is 2.56 bits per heavy atom. The maximum Gasteiger partial charge on any atom is 0.306 e. The number of hydrogen-bond donors (Lipinski definition) is 2. The summed E-state index contributed by atoms with van der Waals surface area (Å²) in [5, 5.41) is 18.0. The molecule has 3 unspecified atom stereocenters. The largest absolute Gasteiger partial charge is 0.508 e. The van der Waals surface area contributed by atoms with Gasteiger partial charge in [0.1, 0.15) is 5.75 Å². The van der Waals surface area contributed by atoms with Gasteiger partial charge in [-0.05, 0) is 42.4 Å². The number of carbonyl (C=O) groups is 1. The molecule has 0 bridgehead atoms. The summed E-state index contributed by atoms with van der Waals surface area (Å²) in [4.78, 5) is 10.7. The molecule has 1 saturated carbocycles. The molecule has 0 aromatic heterocycles. The van der Waals surface area contributed by atoms with Crippen LogP contribution >= 0.6 is 0 Å². The lowest BCUT2D eigenvalue weighted by Crippen LogP contribution is -2.08. The summed E-state index contributed by atoms with van der Waals surface area (Å²) in [6, 6.07) is 7.13. The second-order valence-corrected chi connectivity index (χ2v) is 4.69. The summed E-state index contributed by atoms with van der Waals surface area (Å²) in [7, 11) is 0. The first-order chi connectivity index (χ1) is 7.58. The molecule has 2 N–H and O–H groups in total. The van der Waals surface area contributed by atoms with Crippen LogP contribution < -0.4 is 0 Å². The molecule has 0 radical (unpaired) electrons. The summed E-state index contributed by atoms with van der Waals surface area (Å²) in [6.45, 7) is 2.10. The molecule has 1 aliphatic carbocycles. The minimum absolute atomic E-state index is 0.132. The van der Waals surface area contributed by atoms with Crippen molar-refractivity contribution in [2.45, 2.75) is 19.8 Å². The molecule has 1 aromatic rings. The van der Waals surface area contributed by atoms with Gasteiger partial charge in [-0.2, -0.15) is 0 Å². The summed E-state index contributed by atoms with van der Waals surface area (Å²) >= 11 is 0. The standard InChI is InChI=1S/C13H16O3/c1-8(11-7-12(11)13(15)16)6-9-2-4-10(14)5-3-9/h2-5,8,11-12,14H,6-7H2,1H3,(H,15,16). The van der Waals surface area contributed by atoms with Crippen molar-refractivity contribution in [1.82, 2.24) is 0 Å². The number of rotatable bonds is 4. The summed E-state index contributed by atoms with van der Waals surface area (Å²) in [5.41, 5.74) is 1.15. The van der Waals surface area contributed by atoms with Crippen LogP contribution in [0.3, 0.4) is 0 Å². The van der Waals surface area contributed by atoms with E-state index in [-0.39, 0.29) is 11.7 Å². The predicted molar refractivity (Wildman–Crippen MR) is 60.2 cm³/mol. The molecule has 1 fully saturated rings. The number of hydrogen-bond acceptors (Lipinski definition) is 2. The minimum Gasteiger partial charge on any atom is -0.508 e. The molecule has 86 valence electrons. The van der Waals surface area contributed by atoms with Crippen LogP contribution in [0.5, 0.6) is 5.75 Å². The van der Waals surface area contributed by atoms with Crippen molar-refractivity contribution < 1.29 is 15.0 Å². The highest BCUT2D eigenvalue weighted by Crippen LogP contribution is 2.45. The molecule has 0 amide bonds. The molecule has 3 nitrogen and oxygen atoms in total. The van der Waals surface area contributed by atoms with E-state index in [0.29, 0.717) is 11.8 Å². The molecule has 0 spiro atoms. The van der Waals surface area contributed by atoms with Gasteiger partial charge in [-0.3, -0.25) is 4.79 Å². The Labute approximate surface area is 94.7 Å². The summed E-state index contributed by atoms with van der Waals surface area (Å²) in [6.07, 6.45) is 1.70. The Morgan fingerprint density at radius 2 is 2.06 bits per heavy atom. The predicted octanol–water partition coefficient (Wildman–Crippen LogP) is 2.29. The van der Waals surface area contributed by atoms with E-state index in [0.717, 1.165) is 18.4 Å². The first-order valence-corrected chi connectivity index (χ1v) is 5.58. The number of carboxylic acids is 1. The molecule has 1 aromatic carbocycles. The first-order valence-electron chi connectivity index (χ1n) is 5.58. The number of phenols is 1. The SMILES string of the molecule is CC(Cc1ccc(O)cc1)C1CC1C(=O)O. The summed E-state index contributed by atoms with van der Waals surface area (Å²) < 4.78 is 0. The van der Waals surface area contributed by atoms with Crippen LogP contribution in [0.1, 0.15) is 18.9 Å². The van der Waals surface area contributed by atoms with E-state index in [1.807, 2.05) is 12.1 Å². The van der Waals surface area contributed by atoms with Gasteiger partial charge in [0.05, 0.1) is 5.92 Å². The third kappa shape index (κ3) is 2.35. The highest BCUT2D eigenvalue weighted by atomic mass is 16.4. The van der Waals surface area contributed by atoms with Crippen molar-refractivity contribution in [3.8, 4) is 5.75 Å². The molecule has 3 atom stereocenters. The topological polar surface area (TPSA) is 57.5 Å². The highest BCUT2D eigenvalue weighted by Gasteiger charge is 2.45. The van der Waals surface area contributed by atoms with Crippen LogP contribution in [-0.2, 0) is 11.2 Å². The molecule has 0 saturated heterocycles. The van der Waals surface area contributed by atoms with Crippen molar-refractivity contribution in [2.75, 3.05) is 0 Å². The van der Waals surface area contributed by atoms with Crippen molar-refractivity contribution in [1.29, 1.82) is 0 Å². The zero-order chi connectivity index (χ0) is 11.7. The number of benzene rings is 1. The first kappa shape index (κ1) is 11.0. The maximum absolute atomic E-state index is 10.7. The molecule has 3 heteroatoms. The van der Waals surface area contributed by atoms with E-state index in [4.69, 9.17) is 10.2 Å². The number of aliphatic carboxylic acids is 1. The van der Waals surface area contributed by atoms with Gasteiger partial charge in [-0.15, -0.1) is 0 Å². The Balaban J connectivity index is 1.91. The number of aromatic hydroxyl groups is 1. The van der Waals surface area contributed by atoms with Crippen molar-refractivity contribution in [3.63, 3.8) is 0 Å². The van der Waals surface area contributed by atoms with E-state index in [9.17, 15) is 4.79 Å². The smallest absolute Gasteiger partial charge is 0.306 e. The average molecular weight is 220 g/mol. The fourth-order valence-electron chi connectivity index (χ4n) is 2.28. The van der Waals surface area contributed by atoms with Crippen LogP contribution in [0.4, 0.5) is 0 Å². The van der Waals surface area contributed by atoms with Crippen LogP contribution in [0, 0.1) is 17.8 Å². The Bertz CT molecular complexity index is 383. The van der Waals surface area contributed by atoms with Crippen LogP contribution in [0.15, 0.2) is 24.3 Å². The zero-order valence-corrected chi connectivity index (χ0v) is 9.26. The van der Waals surface area contributed by atoms with Gasteiger partial charge in [0.15, 0.2) is 0 Å². The Hall–Kier alpha value is -1.51. The molecule has 2 rings (SSSR count). The lowest BCUT2D eigenvalue weighted by molar-refractivity contribution is -0.139. The van der Waals surface area contributed by atoms with Gasteiger partial charge in [-0.1, -0.05) is 19.1 Å². The normalized spacial score (nSPS) is 25.1. The van der Waals surface area contributed by atoms with Crippen molar-refractivity contribution >= 4 is 5.97 Å². The Kier molecular flexibility index (Phi) is 2.86.